The van der Waals surface area contributed by atoms with Crippen molar-refractivity contribution in [1.82, 2.24) is 4.90 Å². The molecule has 0 bridgehead atoms. The van der Waals surface area contributed by atoms with Gasteiger partial charge in [-0.2, -0.15) is 0 Å². The second-order valence-corrected chi connectivity index (χ2v) is 8.74. The molecule has 8 heteroatoms. The van der Waals surface area contributed by atoms with Crippen LogP contribution in [0.25, 0.3) is 6.08 Å². The molecule has 0 saturated carbocycles. The van der Waals surface area contributed by atoms with Crippen molar-refractivity contribution in [2.24, 2.45) is 0 Å². The van der Waals surface area contributed by atoms with Gasteiger partial charge < -0.3 is 10.2 Å². The van der Waals surface area contributed by atoms with Crippen LogP contribution in [0.1, 0.15) is 12.0 Å². The average Bonchev–Trinajstić information content (AvgIpc) is 2.95. The Morgan fingerprint density at radius 3 is 2.45 bits per heavy atom. The fourth-order valence-electron chi connectivity index (χ4n) is 2.68. The number of carbonyl (C=O) groups is 2. The first-order valence-corrected chi connectivity index (χ1v) is 10.5. The van der Waals surface area contributed by atoms with Gasteiger partial charge in [0.25, 0.3) is 5.91 Å². The van der Waals surface area contributed by atoms with Crippen LogP contribution in [0.2, 0.25) is 5.02 Å². The zero-order valence-electron chi connectivity index (χ0n) is 16.0. The van der Waals surface area contributed by atoms with Crippen LogP contribution in [0.5, 0.6) is 0 Å². The third-order valence-electron chi connectivity index (χ3n) is 4.27. The van der Waals surface area contributed by atoms with E-state index in [1.165, 1.54) is 16.7 Å². The topological polar surface area (TPSA) is 52.6 Å². The number of nitrogens with zero attached hydrogens (tertiary/aromatic N) is 2. The third kappa shape index (κ3) is 5.59. The Hall–Kier alpha value is -2.35. The summed E-state index contributed by atoms with van der Waals surface area (Å²) in [6.45, 7) is 0.237. The molecule has 0 aliphatic carbocycles. The summed E-state index contributed by atoms with van der Waals surface area (Å²) < 4.78 is 0.463. The van der Waals surface area contributed by atoms with E-state index in [1.54, 1.807) is 24.3 Å². The lowest BCUT2D eigenvalue weighted by Crippen LogP contribution is -2.31. The third-order valence-corrected chi connectivity index (χ3v) is 5.90. The second-order valence-electron chi connectivity index (χ2n) is 6.62. The van der Waals surface area contributed by atoms with Gasteiger partial charge in [-0.15, -0.1) is 0 Å². The molecular weight excluding hydrogens is 426 g/mol. The number of thiocarbonyl (C=S) groups is 1. The summed E-state index contributed by atoms with van der Waals surface area (Å²) in [5.41, 5.74) is 2.67. The average molecular weight is 446 g/mol. The van der Waals surface area contributed by atoms with Crippen molar-refractivity contribution in [3.63, 3.8) is 0 Å². The van der Waals surface area contributed by atoms with Crippen molar-refractivity contribution in [3.05, 3.63) is 64.0 Å². The minimum Gasteiger partial charge on any atom is -0.378 e. The summed E-state index contributed by atoms with van der Waals surface area (Å²) >= 11 is 12.4. The Morgan fingerprint density at radius 2 is 1.83 bits per heavy atom. The van der Waals surface area contributed by atoms with Crippen LogP contribution in [-0.4, -0.2) is 41.7 Å². The van der Waals surface area contributed by atoms with Gasteiger partial charge in [-0.25, -0.2) is 0 Å². The first-order valence-electron chi connectivity index (χ1n) is 8.91. The first-order chi connectivity index (χ1) is 13.8. The standard InChI is InChI=1S/C21H20ClN3O2S2/c1-24(2)17-9-3-14(4-10-17)13-18-20(27)25(21(28)29-18)12-11-19(26)23-16-7-5-15(22)6-8-16/h3-10,13H,11-12H2,1-2H3,(H,23,26)/b18-13-. The molecule has 5 nitrogen and oxygen atoms in total. The van der Waals surface area contributed by atoms with Crippen molar-refractivity contribution in [2.45, 2.75) is 6.42 Å². The summed E-state index contributed by atoms with van der Waals surface area (Å²) in [7, 11) is 3.95. The molecule has 2 aromatic rings. The molecule has 1 heterocycles. The van der Waals surface area contributed by atoms with E-state index < -0.39 is 0 Å². The number of rotatable bonds is 6. The van der Waals surface area contributed by atoms with Crippen LogP contribution in [0.4, 0.5) is 11.4 Å². The van der Waals surface area contributed by atoms with Gasteiger partial charge in [0.05, 0.1) is 4.91 Å². The molecule has 1 N–H and O–H groups in total. The van der Waals surface area contributed by atoms with E-state index in [0.29, 0.717) is 19.9 Å². The summed E-state index contributed by atoms with van der Waals surface area (Å²) in [5.74, 6) is -0.361. The molecule has 2 amide bonds. The Kier molecular flexibility index (Phi) is 6.95. The quantitative estimate of drug-likeness (QED) is 0.518. The smallest absolute Gasteiger partial charge is 0.266 e. The highest BCUT2D eigenvalue weighted by molar-refractivity contribution is 8.26. The van der Waals surface area contributed by atoms with E-state index in [0.717, 1.165) is 11.3 Å². The lowest BCUT2D eigenvalue weighted by Gasteiger charge is -2.14. The van der Waals surface area contributed by atoms with E-state index >= 15 is 0 Å². The molecule has 29 heavy (non-hydrogen) atoms. The molecule has 0 spiro atoms. The Bertz CT molecular complexity index is 957. The number of amides is 2. The molecule has 2 aromatic carbocycles. The van der Waals surface area contributed by atoms with E-state index in [4.69, 9.17) is 23.8 Å². The maximum atomic E-state index is 12.7. The number of halogens is 1. The number of hydrogen-bond acceptors (Lipinski definition) is 5. The summed E-state index contributed by atoms with van der Waals surface area (Å²) in [6.07, 6.45) is 1.98. The summed E-state index contributed by atoms with van der Waals surface area (Å²) in [5, 5.41) is 3.38. The Labute approximate surface area is 184 Å². The van der Waals surface area contributed by atoms with Crippen LogP contribution in [0.15, 0.2) is 53.4 Å². The Balaban J connectivity index is 1.59. The predicted molar refractivity (Wildman–Crippen MR) is 125 cm³/mol. The van der Waals surface area contributed by atoms with Crippen molar-refractivity contribution in [1.29, 1.82) is 0 Å². The molecular formula is C21H20ClN3O2S2. The SMILES string of the molecule is CN(C)c1ccc(/C=C2\SC(=S)N(CCC(=O)Nc3ccc(Cl)cc3)C2=O)cc1. The molecule has 0 unspecified atom stereocenters. The molecule has 1 aliphatic rings. The van der Waals surface area contributed by atoms with Crippen LogP contribution in [0.3, 0.4) is 0 Å². The van der Waals surface area contributed by atoms with Gasteiger partial charge in [0, 0.05) is 43.5 Å². The minimum absolute atomic E-state index is 0.153. The summed E-state index contributed by atoms with van der Waals surface area (Å²) in [6, 6.07) is 14.8. The molecule has 0 atom stereocenters. The number of nitrogens with one attached hydrogen (secondary N) is 1. The first kappa shape index (κ1) is 21.4. The molecule has 1 aliphatic heterocycles. The lowest BCUT2D eigenvalue weighted by atomic mass is 10.2. The zero-order chi connectivity index (χ0) is 21.0. The van der Waals surface area contributed by atoms with Crippen molar-refractivity contribution < 1.29 is 9.59 Å². The van der Waals surface area contributed by atoms with E-state index in [1.807, 2.05) is 49.3 Å². The van der Waals surface area contributed by atoms with Crippen LogP contribution in [-0.2, 0) is 9.59 Å². The minimum atomic E-state index is -0.190. The van der Waals surface area contributed by atoms with Gasteiger partial charge in [-0.3, -0.25) is 14.5 Å². The number of carbonyl (C=O) groups excluding carboxylic acids is 2. The maximum absolute atomic E-state index is 12.7. The largest absolute Gasteiger partial charge is 0.378 e. The van der Waals surface area contributed by atoms with E-state index in [9.17, 15) is 9.59 Å². The fourth-order valence-corrected chi connectivity index (χ4v) is 4.12. The highest BCUT2D eigenvalue weighted by Crippen LogP contribution is 2.32. The predicted octanol–water partition coefficient (Wildman–Crippen LogP) is 4.64. The number of benzene rings is 2. The van der Waals surface area contributed by atoms with Gasteiger partial charge in [0.15, 0.2) is 0 Å². The van der Waals surface area contributed by atoms with Crippen LogP contribution >= 0.6 is 35.6 Å². The van der Waals surface area contributed by atoms with E-state index in [-0.39, 0.29) is 24.8 Å². The number of anilines is 2. The monoisotopic (exact) mass is 445 g/mol. The van der Waals surface area contributed by atoms with E-state index in [2.05, 4.69) is 5.32 Å². The fraction of sp³-hybridized carbons (Fsp3) is 0.190. The molecule has 150 valence electrons. The molecule has 1 fully saturated rings. The van der Waals surface area contributed by atoms with Gasteiger partial charge in [-0.1, -0.05) is 47.7 Å². The van der Waals surface area contributed by atoms with Crippen LogP contribution < -0.4 is 10.2 Å². The molecule has 1 saturated heterocycles. The van der Waals surface area contributed by atoms with Crippen molar-refractivity contribution in [3.8, 4) is 0 Å². The maximum Gasteiger partial charge on any atom is 0.266 e. The van der Waals surface area contributed by atoms with Crippen molar-refractivity contribution in [2.75, 3.05) is 30.9 Å². The highest BCUT2D eigenvalue weighted by atomic mass is 35.5. The van der Waals surface area contributed by atoms with Gasteiger partial charge in [-0.05, 0) is 48.0 Å². The molecule has 0 aromatic heterocycles. The normalized spacial score (nSPS) is 15.1. The lowest BCUT2D eigenvalue weighted by molar-refractivity contribution is -0.122. The van der Waals surface area contributed by atoms with Gasteiger partial charge >= 0.3 is 0 Å². The Morgan fingerprint density at radius 1 is 1.17 bits per heavy atom. The molecule has 0 radical (unpaired) electrons. The second kappa shape index (κ2) is 9.43. The van der Waals surface area contributed by atoms with Gasteiger partial charge in [0.2, 0.25) is 5.91 Å². The highest BCUT2D eigenvalue weighted by Gasteiger charge is 2.32. The zero-order valence-corrected chi connectivity index (χ0v) is 18.4. The van der Waals surface area contributed by atoms with Crippen LogP contribution in [0, 0.1) is 0 Å². The number of hydrogen-bond donors (Lipinski definition) is 1. The van der Waals surface area contributed by atoms with Gasteiger partial charge in [0.1, 0.15) is 4.32 Å². The summed E-state index contributed by atoms with van der Waals surface area (Å²) in [4.78, 5) is 28.9. The molecule has 3 rings (SSSR count). The number of thioether (sulfide) groups is 1. The van der Waals surface area contributed by atoms with Crippen molar-refractivity contribution >= 4 is 69.2 Å².